The summed E-state index contributed by atoms with van der Waals surface area (Å²) in [5.41, 5.74) is 0.964. The van der Waals surface area contributed by atoms with Gasteiger partial charge in [0.15, 0.2) is 11.0 Å². The quantitative estimate of drug-likeness (QED) is 0.795. The first-order valence-corrected chi connectivity index (χ1v) is 6.71. The minimum atomic E-state index is 0.485. The smallest absolute Gasteiger partial charge is 0.191 e. The Hall–Kier alpha value is -1.49. The van der Waals surface area contributed by atoms with Crippen LogP contribution in [-0.4, -0.2) is 27.1 Å². The van der Waals surface area contributed by atoms with Gasteiger partial charge in [0.1, 0.15) is 5.75 Å². The molecule has 0 amide bonds. The average Bonchev–Trinajstić information content (AvgIpc) is 2.70. The fourth-order valence-electron chi connectivity index (χ4n) is 1.69. The lowest BCUT2D eigenvalue weighted by Crippen LogP contribution is -1.98. The van der Waals surface area contributed by atoms with Crippen LogP contribution in [0.2, 0.25) is 0 Å². The number of rotatable bonds is 4. The second kappa shape index (κ2) is 5.44. The van der Waals surface area contributed by atoms with Crippen molar-refractivity contribution in [2.45, 2.75) is 24.3 Å². The number of nitrogens with zero attached hydrogens (tertiary/aromatic N) is 3. The van der Waals surface area contributed by atoms with Gasteiger partial charge in [0.05, 0.1) is 12.7 Å². The zero-order valence-electron chi connectivity index (χ0n) is 11.0. The second-order valence-electron chi connectivity index (χ2n) is 4.23. The molecule has 4 nitrogen and oxygen atoms in total. The van der Waals surface area contributed by atoms with Crippen molar-refractivity contribution >= 4 is 11.8 Å². The van der Waals surface area contributed by atoms with E-state index in [2.05, 4.69) is 24.0 Å². The zero-order chi connectivity index (χ0) is 13.1. The van der Waals surface area contributed by atoms with Crippen molar-refractivity contribution in [1.82, 2.24) is 14.8 Å². The molecule has 0 aliphatic heterocycles. The summed E-state index contributed by atoms with van der Waals surface area (Å²) < 4.78 is 7.36. The van der Waals surface area contributed by atoms with Gasteiger partial charge in [-0.05, 0) is 12.1 Å². The molecular weight excluding hydrogens is 246 g/mol. The summed E-state index contributed by atoms with van der Waals surface area (Å²) in [4.78, 5) is 0. The molecule has 0 saturated carbocycles. The Bertz CT molecular complexity index is 537. The average molecular weight is 263 g/mol. The van der Waals surface area contributed by atoms with Gasteiger partial charge >= 0.3 is 0 Å². The zero-order valence-corrected chi connectivity index (χ0v) is 11.9. The molecule has 2 rings (SSSR count). The van der Waals surface area contributed by atoms with E-state index in [1.54, 1.807) is 18.9 Å². The van der Waals surface area contributed by atoms with Crippen molar-refractivity contribution in [3.8, 4) is 17.1 Å². The predicted molar refractivity (Wildman–Crippen MR) is 74.0 cm³/mol. The molecule has 0 bridgehead atoms. The van der Waals surface area contributed by atoms with Crippen molar-refractivity contribution in [2.24, 2.45) is 7.05 Å². The highest BCUT2D eigenvalue weighted by Crippen LogP contribution is 2.30. The van der Waals surface area contributed by atoms with Crippen LogP contribution < -0.4 is 4.74 Å². The number of ether oxygens (including phenoxy) is 1. The highest BCUT2D eigenvalue weighted by atomic mass is 32.2. The Morgan fingerprint density at radius 3 is 2.61 bits per heavy atom. The topological polar surface area (TPSA) is 39.9 Å². The molecule has 0 radical (unpaired) electrons. The summed E-state index contributed by atoms with van der Waals surface area (Å²) in [6.07, 6.45) is 0. The molecule has 18 heavy (non-hydrogen) atoms. The molecule has 1 heterocycles. The van der Waals surface area contributed by atoms with Crippen molar-refractivity contribution in [2.75, 3.05) is 7.11 Å². The normalized spacial score (nSPS) is 10.9. The third-order valence-corrected chi connectivity index (χ3v) is 3.56. The van der Waals surface area contributed by atoms with Crippen LogP contribution in [0, 0.1) is 0 Å². The SMILES string of the molecule is COc1ccccc1-c1nnc(SC(C)C)n1C. The van der Waals surface area contributed by atoms with Crippen molar-refractivity contribution < 1.29 is 4.74 Å². The number of hydrogen-bond donors (Lipinski definition) is 0. The maximum Gasteiger partial charge on any atom is 0.191 e. The molecule has 0 spiro atoms. The number of aromatic nitrogens is 3. The Kier molecular flexibility index (Phi) is 3.91. The molecular formula is C13H17N3OS. The number of thioether (sulfide) groups is 1. The van der Waals surface area contributed by atoms with Crippen molar-refractivity contribution in [3.05, 3.63) is 24.3 Å². The van der Waals surface area contributed by atoms with E-state index < -0.39 is 0 Å². The van der Waals surface area contributed by atoms with Gasteiger partial charge in [-0.2, -0.15) is 0 Å². The van der Waals surface area contributed by atoms with Gasteiger partial charge in [-0.25, -0.2) is 0 Å². The van der Waals surface area contributed by atoms with Crippen LogP contribution >= 0.6 is 11.8 Å². The summed E-state index contributed by atoms with van der Waals surface area (Å²) in [5, 5.41) is 9.89. The van der Waals surface area contributed by atoms with Crippen molar-refractivity contribution in [3.63, 3.8) is 0 Å². The predicted octanol–water partition coefficient (Wildman–Crippen LogP) is 2.99. The van der Waals surface area contributed by atoms with Gasteiger partial charge in [0.25, 0.3) is 0 Å². The summed E-state index contributed by atoms with van der Waals surface area (Å²) in [5.74, 6) is 1.64. The van der Waals surface area contributed by atoms with E-state index in [0.29, 0.717) is 5.25 Å². The lowest BCUT2D eigenvalue weighted by Gasteiger charge is -2.08. The molecule has 0 atom stereocenters. The minimum Gasteiger partial charge on any atom is -0.496 e. The summed E-state index contributed by atoms with van der Waals surface area (Å²) >= 11 is 1.70. The van der Waals surface area contributed by atoms with E-state index in [9.17, 15) is 0 Å². The molecule has 0 aliphatic rings. The summed E-state index contributed by atoms with van der Waals surface area (Å²) in [7, 11) is 3.64. The highest BCUT2D eigenvalue weighted by Gasteiger charge is 2.15. The highest BCUT2D eigenvalue weighted by molar-refractivity contribution is 7.99. The fraction of sp³-hybridized carbons (Fsp3) is 0.385. The maximum atomic E-state index is 5.36. The Morgan fingerprint density at radius 2 is 1.94 bits per heavy atom. The first kappa shape index (κ1) is 13.0. The molecule has 2 aromatic rings. The van der Waals surface area contributed by atoms with E-state index in [1.165, 1.54) is 0 Å². The Labute approximate surface area is 111 Å². The number of benzene rings is 1. The number of para-hydroxylation sites is 1. The van der Waals surface area contributed by atoms with Gasteiger partial charge in [-0.15, -0.1) is 10.2 Å². The molecule has 0 saturated heterocycles. The lowest BCUT2D eigenvalue weighted by molar-refractivity contribution is 0.416. The van der Waals surface area contributed by atoms with E-state index >= 15 is 0 Å². The molecule has 0 unspecified atom stereocenters. The number of hydrogen-bond acceptors (Lipinski definition) is 4. The molecule has 1 aromatic carbocycles. The van der Waals surface area contributed by atoms with E-state index in [1.807, 2.05) is 35.9 Å². The van der Waals surface area contributed by atoms with E-state index in [-0.39, 0.29) is 0 Å². The molecule has 96 valence electrons. The monoisotopic (exact) mass is 263 g/mol. The van der Waals surface area contributed by atoms with Gasteiger partial charge in [-0.3, -0.25) is 0 Å². The van der Waals surface area contributed by atoms with Crippen LogP contribution in [0.5, 0.6) is 5.75 Å². The van der Waals surface area contributed by atoms with E-state index in [0.717, 1.165) is 22.3 Å². The van der Waals surface area contributed by atoms with Crippen LogP contribution in [0.1, 0.15) is 13.8 Å². The molecule has 0 aliphatic carbocycles. The standard InChI is InChI=1S/C13H17N3OS/c1-9(2)18-13-15-14-12(16(13)3)10-7-5-6-8-11(10)17-4/h5-9H,1-4H3. The molecule has 1 aromatic heterocycles. The van der Waals surface area contributed by atoms with Gasteiger partial charge in [0.2, 0.25) is 0 Å². The summed E-state index contributed by atoms with van der Waals surface area (Å²) in [6, 6.07) is 7.84. The van der Waals surface area contributed by atoms with Crippen LogP contribution in [0.4, 0.5) is 0 Å². The van der Waals surface area contributed by atoms with Gasteiger partial charge < -0.3 is 9.30 Å². The minimum absolute atomic E-state index is 0.485. The lowest BCUT2D eigenvalue weighted by atomic mass is 10.2. The maximum absolute atomic E-state index is 5.36. The first-order valence-electron chi connectivity index (χ1n) is 5.83. The molecule has 0 N–H and O–H groups in total. The van der Waals surface area contributed by atoms with Crippen LogP contribution in [0.3, 0.4) is 0 Å². The van der Waals surface area contributed by atoms with Crippen LogP contribution in [-0.2, 0) is 7.05 Å². The largest absolute Gasteiger partial charge is 0.496 e. The third kappa shape index (κ3) is 2.51. The summed E-state index contributed by atoms with van der Waals surface area (Å²) in [6.45, 7) is 4.28. The first-order chi connectivity index (χ1) is 8.63. The van der Waals surface area contributed by atoms with Gasteiger partial charge in [-0.1, -0.05) is 37.7 Å². The molecule has 5 heteroatoms. The second-order valence-corrected chi connectivity index (χ2v) is 5.78. The Morgan fingerprint density at radius 1 is 1.22 bits per heavy atom. The molecule has 0 fully saturated rings. The van der Waals surface area contributed by atoms with Gasteiger partial charge in [0, 0.05) is 12.3 Å². The van der Waals surface area contributed by atoms with Crippen LogP contribution in [0.25, 0.3) is 11.4 Å². The van der Waals surface area contributed by atoms with E-state index in [4.69, 9.17) is 4.74 Å². The third-order valence-electron chi connectivity index (χ3n) is 2.52. The number of methoxy groups -OCH3 is 1. The Balaban J connectivity index is 2.42. The van der Waals surface area contributed by atoms with Crippen LogP contribution in [0.15, 0.2) is 29.4 Å². The van der Waals surface area contributed by atoms with Crippen molar-refractivity contribution in [1.29, 1.82) is 0 Å². The fourth-order valence-corrected chi connectivity index (χ4v) is 2.45.